The minimum atomic E-state index is -0.593. The van der Waals surface area contributed by atoms with Crippen LogP contribution in [-0.2, 0) is 22.6 Å². The van der Waals surface area contributed by atoms with Crippen molar-refractivity contribution in [3.8, 4) is 5.75 Å². The summed E-state index contributed by atoms with van der Waals surface area (Å²) in [7, 11) is 1.61. The maximum Gasteiger partial charge on any atom is 0.245 e. The first-order valence-corrected chi connectivity index (χ1v) is 10.0. The summed E-state index contributed by atoms with van der Waals surface area (Å²) in [5.41, 5.74) is 4.34. The van der Waals surface area contributed by atoms with Crippen molar-refractivity contribution >= 4 is 28.8 Å². The van der Waals surface area contributed by atoms with Crippen LogP contribution in [0, 0.1) is 0 Å². The number of hydrogen-bond acceptors (Lipinski definition) is 3. The Morgan fingerprint density at radius 3 is 2.70 bits per heavy atom. The fourth-order valence-electron chi connectivity index (χ4n) is 3.84. The normalized spacial score (nSPS) is 14.5. The second-order valence-electron chi connectivity index (χ2n) is 7.47. The van der Waals surface area contributed by atoms with Crippen molar-refractivity contribution in [2.75, 3.05) is 13.7 Å². The molecule has 6 nitrogen and oxygen atoms in total. The molecular formula is C24H25N3O3. The minimum absolute atomic E-state index is 0.0721. The van der Waals surface area contributed by atoms with Gasteiger partial charge >= 0.3 is 0 Å². The number of ether oxygens (including phenoxy) is 1. The number of methoxy groups -OCH3 is 1. The third kappa shape index (κ3) is 4.08. The lowest BCUT2D eigenvalue weighted by Gasteiger charge is -2.29. The van der Waals surface area contributed by atoms with Crippen LogP contribution in [0.3, 0.4) is 0 Å². The number of nitrogens with one attached hydrogen (secondary N) is 2. The Kier molecular flexibility index (Phi) is 5.57. The molecule has 154 valence electrons. The molecule has 4 rings (SSSR count). The molecule has 30 heavy (non-hydrogen) atoms. The van der Waals surface area contributed by atoms with Gasteiger partial charge in [0.1, 0.15) is 11.8 Å². The van der Waals surface area contributed by atoms with E-state index < -0.39 is 6.04 Å². The van der Waals surface area contributed by atoms with Gasteiger partial charge in [0.2, 0.25) is 11.8 Å². The minimum Gasteiger partial charge on any atom is -0.497 e. The highest BCUT2D eigenvalue weighted by Gasteiger charge is 2.27. The van der Waals surface area contributed by atoms with Crippen molar-refractivity contribution in [1.29, 1.82) is 0 Å². The van der Waals surface area contributed by atoms with E-state index in [0.717, 1.165) is 28.6 Å². The number of para-hydroxylation sites is 1. The number of amides is 2. The molecule has 2 heterocycles. The zero-order chi connectivity index (χ0) is 21.1. The van der Waals surface area contributed by atoms with Gasteiger partial charge in [-0.1, -0.05) is 30.3 Å². The van der Waals surface area contributed by atoms with Crippen LogP contribution in [0.15, 0.2) is 54.6 Å². The van der Waals surface area contributed by atoms with E-state index in [1.807, 2.05) is 41.3 Å². The molecule has 1 aliphatic heterocycles. The van der Waals surface area contributed by atoms with Crippen molar-refractivity contribution in [2.45, 2.75) is 25.9 Å². The maximum atomic E-state index is 12.9. The van der Waals surface area contributed by atoms with Gasteiger partial charge in [0.15, 0.2) is 0 Å². The molecule has 2 amide bonds. The van der Waals surface area contributed by atoms with E-state index in [2.05, 4.69) is 22.4 Å². The zero-order valence-electron chi connectivity index (χ0n) is 17.1. The lowest BCUT2D eigenvalue weighted by atomic mass is 10.0. The van der Waals surface area contributed by atoms with Crippen LogP contribution >= 0.6 is 0 Å². The SMILES string of the molecule is COc1ccc(C=CC(=O)NC(C)C(=O)N2CCc3[nH]c4ccccc4c3C2)cc1. The Morgan fingerprint density at radius 1 is 1.17 bits per heavy atom. The van der Waals surface area contributed by atoms with Gasteiger partial charge in [-0.3, -0.25) is 9.59 Å². The molecule has 0 aliphatic carbocycles. The molecule has 1 aliphatic rings. The highest BCUT2D eigenvalue weighted by atomic mass is 16.5. The van der Waals surface area contributed by atoms with E-state index in [4.69, 9.17) is 4.74 Å². The van der Waals surface area contributed by atoms with E-state index in [1.165, 1.54) is 17.3 Å². The van der Waals surface area contributed by atoms with Crippen molar-refractivity contribution in [3.05, 3.63) is 71.4 Å². The number of hydrogen-bond donors (Lipinski definition) is 2. The first-order valence-electron chi connectivity index (χ1n) is 10.0. The summed E-state index contributed by atoms with van der Waals surface area (Å²) in [6.45, 7) is 2.92. The maximum absolute atomic E-state index is 12.9. The molecule has 0 saturated heterocycles. The Hall–Kier alpha value is -3.54. The van der Waals surface area contributed by atoms with Crippen LogP contribution in [0.4, 0.5) is 0 Å². The first kappa shape index (κ1) is 19.8. The fourth-order valence-corrected chi connectivity index (χ4v) is 3.84. The quantitative estimate of drug-likeness (QED) is 0.642. The number of aromatic nitrogens is 1. The standard InChI is InChI=1S/C24H25N3O3/c1-16(25-23(28)12-9-17-7-10-18(30-2)11-8-17)24(29)27-14-13-22-20(15-27)19-5-3-4-6-21(19)26-22/h3-12,16,26H,13-15H2,1-2H3,(H,25,28). The average molecular weight is 403 g/mol. The molecule has 2 aromatic carbocycles. The first-order chi connectivity index (χ1) is 14.5. The van der Waals surface area contributed by atoms with Crippen LogP contribution in [0.1, 0.15) is 23.7 Å². The van der Waals surface area contributed by atoms with Crippen molar-refractivity contribution in [3.63, 3.8) is 0 Å². The third-order valence-corrected chi connectivity index (χ3v) is 5.47. The summed E-state index contributed by atoms with van der Waals surface area (Å²) in [6.07, 6.45) is 3.94. The molecule has 3 aromatic rings. The van der Waals surface area contributed by atoms with Crippen molar-refractivity contribution < 1.29 is 14.3 Å². The molecular weight excluding hydrogens is 378 g/mol. The summed E-state index contributed by atoms with van der Waals surface area (Å²) >= 11 is 0. The topological polar surface area (TPSA) is 74.4 Å². The Bertz CT molecular complexity index is 1100. The highest BCUT2D eigenvalue weighted by molar-refractivity contribution is 5.95. The molecule has 0 saturated carbocycles. The molecule has 0 radical (unpaired) electrons. The average Bonchev–Trinajstić information content (AvgIpc) is 3.15. The number of benzene rings is 2. The van der Waals surface area contributed by atoms with Crippen LogP contribution in [0.25, 0.3) is 17.0 Å². The number of rotatable bonds is 5. The van der Waals surface area contributed by atoms with Crippen molar-refractivity contribution in [1.82, 2.24) is 15.2 Å². The van der Waals surface area contributed by atoms with E-state index >= 15 is 0 Å². The highest BCUT2D eigenvalue weighted by Crippen LogP contribution is 2.27. The van der Waals surface area contributed by atoms with Gasteiger partial charge in [0, 0.05) is 47.7 Å². The molecule has 1 atom stereocenters. The molecule has 0 bridgehead atoms. The van der Waals surface area contributed by atoms with E-state index in [1.54, 1.807) is 20.1 Å². The van der Waals surface area contributed by atoms with Gasteiger partial charge in [0.25, 0.3) is 0 Å². The molecule has 6 heteroatoms. The number of fused-ring (bicyclic) bond motifs is 3. The zero-order valence-corrected chi connectivity index (χ0v) is 17.1. The largest absolute Gasteiger partial charge is 0.497 e. The predicted octanol–water partition coefficient (Wildman–Crippen LogP) is 3.28. The molecule has 1 aromatic heterocycles. The number of carbonyl (C=O) groups is 2. The molecule has 1 unspecified atom stereocenters. The molecule has 0 fully saturated rings. The van der Waals surface area contributed by atoms with E-state index in [-0.39, 0.29) is 11.8 Å². The summed E-state index contributed by atoms with van der Waals surface area (Å²) in [4.78, 5) is 30.5. The van der Waals surface area contributed by atoms with Crippen molar-refractivity contribution in [2.24, 2.45) is 0 Å². The lowest BCUT2D eigenvalue weighted by molar-refractivity contribution is -0.135. The van der Waals surface area contributed by atoms with Gasteiger partial charge in [0.05, 0.1) is 7.11 Å². The van der Waals surface area contributed by atoms with Crippen LogP contribution in [0.2, 0.25) is 0 Å². The van der Waals surface area contributed by atoms with E-state index in [9.17, 15) is 9.59 Å². The number of carbonyl (C=O) groups excluding carboxylic acids is 2. The summed E-state index contributed by atoms with van der Waals surface area (Å²) in [5.74, 6) is 0.393. The number of nitrogens with zero attached hydrogens (tertiary/aromatic N) is 1. The van der Waals surface area contributed by atoms with Gasteiger partial charge in [-0.25, -0.2) is 0 Å². The lowest BCUT2D eigenvalue weighted by Crippen LogP contribution is -2.48. The Morgan fingerprint density at radius 2 is 1.93 bits per heavy atom. The number of H-pyrrole nitrogens is 1. The fraction of sp³-hybridized carbons (Fsp3) is 0.250. The van der Waals surface area contributed by atoms with Gasteiger partial charge in [-0.15, -0.1) is 0 Å². The Labute approximate surface area is 175 Å². The summed E-state index contributed by atoms with van der Waals surface area (Å²) in [5, 5.41) is 3.93. The van der Waals surface area contributed by atoms with Gasteiger partial charge in [-0.05, 0) is 36.8 Å². The summed E-state index contributed by atoms with van der Waals surface area (Å²) < 4.78 is 5.12. The monoisotopic (exact) mass is 403 g/mol. The Balaban J connectivity index is 1.37. The summed E-state index contributed by atoms with van der Waals surface area (Å²) in [6, 6.07) is 14.9. The molecule has 2 N–H and O–H groups in total. The van der Waals surface area contributed by atoms with Crippen LogP contribution < -0.4 is 10.1 Å². The third-order valence-electron chi connectivity index (χ3n) is 5.47. The smallest absolute Gasteiger partial charge is 0.245 e. The molecule has 0 spiro atoms. The van der Waals surface area contributed by atoms with Crippen LogP contribution in [-0.4, -0.2) is 41.4 Å². The number of aromatic amines is 1. The van der Waals surface area contributed by atoms with E-state index in [0.29, 0.717) is 13.1 Å². The second kappa shape index (κ2) is 8.45. The second-order valence-corrected chi connectivity index (χ2v) is 7.47. The van der Waals surface area contributed by atoms with Gasteiger partial charge < -0.3 is 19.9 Å². The van der Waals surface area contributed by atoms with Crippen LogP contribution in [0.5, 0.6) is 5.75 Å². The van der Waals surface area contributed by atoms with Gasteiger partial charge in [-0.2, -0.15) is 0 Å². The predicted molar refractivity (Wildman–Crippen MR) is 117 cm³/mol.